The topological polar surface area (TPSA) is 105 Å². The average Bonchev–Trinajstić information content (AvgIpc) is 1.56. The molecule has 0 spiro atoms. The number of benzene rings is 9. The molecule has 0 bridgehead atoms. The Hall–Kier alpha value is -4.19. The van der Waals surface area contributed by atoms with Gasteiger partial charge in [-0.3, -0.25) is 0 Å². The molecule has 113 heavy (non-hydrogen) atoms. The molecule has 21 heteroatoms. The molecule has 2 aliphatic carbocycles. The van der Waals surface area contributed by atoms with Gasteiger partial charge in [0.1, 0.15) is 11.0 Å². The monoisotopic (exact) mass is 2050 g/mol. The predicted molar refractivity (Wildman–Crippen MR) is 504 cm³/mol. The van der Waals surface area contributed by atoms with Crippen LogP contribution in [-0.2, 0) is 29.4 Å². The first kappa shape index (κ1) is 89.6. The van der Waals surface area contributed by atoms with Crippen LogP contribution in [0, 0.1) is 23.7 Å². The second-order valence-corrected chi connectivity index (χ2v) is 38.0. The zero-order valence-corrected chi connectivity index (χ0v) is 79.9. The van der Waals surface area contributed by atoms with Crippen LogP contribution in [0.3, 0.4) is 0 Å². The Balaban J connectivity index is 0.000000151. The summed E-state index contributed by atoms with van der Waals surface area (Å²) < 4.78 is 45.1. The van der Waals surface area contributed by atoms with Gasteiger partial charge in [-0.2, -0.15) is 8.75 Å². The summed E-state index contributed by atoms with van der Waals surface area (Å²) in [6, 6.07) is 62.8. The molecule has 9 aromatic carbocycles. The highest BCUT2D eigenvalue weighted by atomic mass is 79.9. The average molecular weight is 2050 g/mol. The molecule has 596 valence electrons. The lowest BCUT2D eigenvalue weighted by molar-refractivity contribution is 0.266. The van der Waals surface area contributed by atoms with Crippen molar-refractivity contribution in [2.75, 3.05) is 31.3 Å². The van der Waals surface area contributed by atoms with Crippen molar-refractivity contribution in [1.29, 1.82) is 0 Å². The Morgan fingerprint density at radius 3 is 0.982 bits per heavy atom. The molecule has 11 aromatic rings. The normalized spacial score (nSPS) is 15.1. The van der Waals surface area contributed by atoms with Crippen LogP contribution in [0.25, 0.3) is 44.3 Å². The number of nitrogens with zero attached hydrogens (tertiary/aromatic N) is 5. The summed E-state index contributed by atoms with van der Waals surface area (Å²) in [4.78, 5) is 2.24. The Kier molecular flexibility index (Phi) is 35.0. The summed E-state index contributed by atoms with van der Waals surface area (Å²) in [5.41, 5.74) is 21.0. The van der Waals surface area contributed by atoms with Crippen molar-refractivity contribution >= 4 is 203 Å². The van der Waals surface area contributed by atoms with E-state index in [1.165, 1.54) is 182 Å². The van der Waals surface area contributed by atoms with E-state index in [1.54, 1.807) is 11.1 Å². The first-order valence-electron chi connectivity index (χ1n) is 40.8. The minimum absolute atomic E-state index is 0.0310. The molecule has 4 aliphatic rings. The van der Waals surface area contributed by atoms with Gasteiger partial charge >= 0.3 is 14.2 Å². The molecule has 2 aromatic heterocycles. The molecule has 2 fully saturated rings. The molecule has 0 radical (unpaired) electrons. The lowest BCUT2D eigenvalue weighted by Gasteiger charge is -2.39. The fraction of sp³-hybridized carbons (Fsp3) is 0.413. The summed E-state index contributed by atoms with van der Waals surface area (Å²) in [5, 5.41) is 7.43. The van der Waals surface area contributed by atoms with Gasteiger partial charge in [0.2, 0.25) is 0 Å². The smallest absolute Gasteiger partial charge is 0.405 e. The van der Waals surface area contributed by atoms with Gasteiger partial charge in [-0.25, -0.2) is 4.63 Å². The van der Waals surface area contributed by atoms with Gasteiger partial charge in [-0.15, -0.1) is 0 Å². The highest BCUT2D eigenvalue weighted by Crippen LogP contribution is 2.59. The van der Waals surface area contributed by atoms with E-state index in [0.717, 1.165) is 88.7 Å². The number of anilines is 3. The minimum atomic E-state index is -0.253. The van der Waals surface area contributed by atoms with Crippen molar-refractivity contribution in [3.63, 3.8) is 0 Å². The summed E-state index contributed by atoms with van der Waals surface area (Å²) in [5.74, 6) is 2.94. The summed E-state index contributed by atoms with van der Waals surface area (Å²) >= 11 is 29.3. The number of para-hydroxylation sites is 1. The van der Waals surface area contributed by atoms with Crippen LogP contribution >= 0.6 is 139 Å². The quantitative estimate of drug-likeness (QED) is 0.0421. The van der Waals surface area contributed by atoms with Gasteiger partial charge in [0.15, 0.2) is 11.0 Å². The maximum Gasteiger partial charge on any atom is 0.494 e. The van der Waals surface area contributed by atoms with E-state index < -0.39 is 0 Å². The lowest BCUT2D eigenvalue weighted by atomic mass is 9.63. The Morgan fingerprint density at radius 2 is 0.655 bits per heavy atom. The van der Waals surface area contributed by atoms with Crippen LogP contribution in [0.5, 0.6) is 0 Å². The van der Waals surface area contributed by atoms with Crippen LogP contribution in [0.2, 0.25) is 0 Å². The highest BCUT2D eigenvalue weighted by Gasteiger charge is 2.48. The lowest BCUT2D eigenvalue weighted by Crippen LogP contribution is -2.37. The van der Waals surface area contributed by atoms with E-state index in [9.17, 15) is 0 Å². The van der Waals surface area contributed by atoms with Crippen molar-refractivity contribution in [2.24, 2.45) is 23.7 Å². The Labute approximate surface area is 744 Å². The maximum atomic E-state index is 5.99. The predicted octanol–water partition coefficient (Wildman–Crippen LogP) is 30.0. The summed E-state index contributed by atoms with van der Waals surface area (Å²) in [6.07, 6.45) is 25.6. The summed E-state index contributed by atoms with van der Waals surface area (Å²) in [7, 11) is -0.506. The largest absolute Gasteiger partial charge is 0.494 e. The van der Waals surface area contributed by atoms with E-state index in [-0.39, 0.29) is 25.1 Å². The Bertz CT molecular complexity index is 4460. The van der Waals surface area contributed by atoms with Crippen LogP contribution in [-0.4, -0.2) is 59.7 Å². The van der Waals surface area contributed by atoms with Gasteiger partial charge in [0.25, 0.3) is 0 Å². The molecular formula is C92H105B2Br8N5O5S. The number of unbranched alkanes of at least 4 members (excludes halogenated alkanes) is 4. The standard InChI is InChI=1S/C33H48B2O4.C29H40Br2.C18H13Br2N.C6H2Br2N2O.C6H2Br2N2S/c1-5-9-11-25(7-3)23-33(24-26(8-4)12-10-6-2)31-21-27(34-36-17-18-37-34)13-15-29(31)30-16-14-28(22-32(30)33)35-38-19-20-39-35;1-5-9-11-21(7-3)19-29(20-22(8-4)12-10-6-2)27-17-23(30)13-15-25(27)26-16-14-24(31)18-28(26)29;19-14-6-10-17(11-7-14)21(16-4-2-1-3-5-16)18-12-8-15(20)9-13-18;2*7-3-1-2-4(8)6-5(3)9-11-10-6/h13-16,21-22,25-26H,5-12,17-20,23-24H2,1-4H3;13-18,21-22H,5-12,19-20H2,1-4H3;1-13H;2*1-2H. The minimum Gasteiger partial charge on any atom is -0.405 e. The number of rotatable bonds is 29. The van der Waals surface area contributed by atoms with E-state index >= 15 is 0 Å². The zero-order valence-electron chi connectivity index (χ0n) is 66.4. The van der Waals surface area contributed by atoms with E-state index in [2.05, 4.69) is 357 Å². The van der Waals surface area contributed by atoms with Gasteiger partial charge in [0.05, 0.1) is 38.2 Å². The number of hydrogen-bond donors (Lipinski definition) is 0. The van der Waals surface area contributed by atoms with Crippen LogP contribution in [0.1, 0.15) is 206 Å². The third-order valence-electron chi connectivity index (χ3n) is 23.0. The van der Waals surface area contributed by atoms with Crippen molar-refractivity contribution in [3.8, 4) is 22.3 Å². The van der Waals surface area contributed by atoms with Crippen LogP contribution < -0.4 is 15.8 Å². The second kappa shape index (κ2) is 44.2. The second-order valence-electron chi connectivity index (χ2n) is 30.4. The fourth-order valence-electron chi connectivity index (χ4n) is 17.0. The zero-order chi connectivity index (χ0) is 80.0. The molecule has 4 unspecified atom stereocenters. The number of hydrogen-bond acceptors (Lipinski definition) is 11. The fourth-order valence-corrected chi connectivity index (χ4v) is 20.6. The van der Waals surface area contributed by atoms with E-state index in [1.807, 2.05) is 30.3 Å². The molecule has 15 rings (SSSR count). The molecule has 0 saturated carbocycles. The summed E-state index contributed by atoms with van der Waals surface area (Å²) in [6.45, 7) is 21.6. The number of fused-ring (bicyclic) bond motifs is 8. The molecule has 4 atom stereocenters. The molecular weight excluding hydrogens is 1950 g/mol. The highest BCUT2D eigenvalue weighted by molar-refractivity contribution is 9.12. The third-order valence-corrected chi connectivity index (χ3v) is 28.2. The molecule has 2 saturated heterocycles. The first-order valence-corrected chi connectivity index (χ1v) is 47.9. The van der Waals surface area contributed by atoms with Gasteiger partial charge in [-0.1, -0.05) is 289 Å². The SMILES string of the molecule is Brc1ccc(Br)c2nonc12.Brc1ccc(Br)c2nsnc12.Brc1ccc(N(c2ccccc2)c2ccc(Br)cc2)cc1.CCCCC(CC)CC1(CC(CC)CCCC)c2cc(B3OCCO3)ccc2-c2ccc(B3OCCO3)cc21.CCCCC(CC)CC1(CC(CC)CCCC)c2cc(Br)ccc2-c2ccc(Br)cc21. The van der Waals surface area contributed by atoms with Gasteiger partial charge in [-0.05, 0) is 288 Å². The van der Waals surface area contributed by atoms with Crippen molar-refractivity contribution in [1.82, 2.24) is 19.1 Å². The molecule has 0 amide bonds. The van der Waals surface area contributed by atoms with E-state index in [0.29, 0.717) is 38.3 Å². The number of halogens is 8. The van der Waals surface area contributed by atoms with E-state index in [4.69, 9.17) is 18.6 Å². The Morgan fingerprint density at radius 1 is 0.354 bits per heavy atom. The van der Waals surface area contributed by atoms with Crippen molar-refractivity contribution in [2.45, 2.75) is 195 Å². The van der Waals surface area contributed by atoms with Crippen LogP contribution in [0.15, 0.2) is 216 Å². The molecule has 4 heterocycles. The maximum absolute atomic E-state index is 5.99. The number of aromatic nitrogens is 4. The van der Waals surface area contributed by atoms with Gasteiger partial charge < -0.3 is 23.5 Å². The first-order chi connectivity index (χ1) is 54.9. The van der Waals surface area contributed by atoms with Crippen molar-refractivity contribution < 1.29 is 23.2 Å². The molecule has 10 nitrogen and oxygen atoms in total. The van der Waals surface area contributed by atoms with Gasteiger partial charge in [0, 0.05) is 63.7 Å². The third kappa shape index (κ3) is 22.5. The molecule has 2 aliphatic heterocycles. The van der Waals surface area contributed by atoms with Crippen LogP contribution in [0.4, 0.5) is 17.1 Å². The molecule has 0 N–H and O–H groups in total. The van der Waals surface area contributed by atoms with Crippen molar-refractivity contribution in [3.05, 3.63) is 234 Å².